The summed E-state index contributed by atoms with van der Waals surface area (Å²) in [5.74, 6) is 0.473. The minimum Gasteiger partial charge on any atom is -0.467 e. The summed E-state index contributed by atoms with van der Waals surface area (Å²) in [6, 6.07) is 3.51. The molecule has 0 spiro atoms. The summed E-state index contributed by atoms with van der Waals surface area (Å²) in [5.41, 5.74) is 0.0408. The largest absolute Gasteiger partial charge is 0.467 e. The molecule has 1 aromatic heterocycles. The van der Waals surface area contributed by atoms with Gasteiger partial charge in [-0.05, 0) is 67.9 Å². The lowest BCUT2D eigenvalue weighted by Crippen LogP contribution is -2.59. The number of nitrogens with one attached hydrogen (secondary N) is 3. The summed E-state index contributed by atoms with van der Waals surface area (Å²) in [5, 5.41) is 20.2. The summed E-state index contributed by atoms with van der Waals surface area (Å²) in [6.45, 7) is 9.14. The van der Waals surface area contributed by atoms with E-state index in [2.05, 4.69) is 29.8 Å². The van der Waals surface area contributed by atoms with Crippen LogP contribution in [0.2, 0.25) is 0 Å². The first-order valence-electron chi connectivity index (χ1n) is 11.3. The number of carbonyl (C=O) groups is 2. The van der Waals surface area contributed by atoms with E-state index in [1.807, 2.05) is 19.9 Å². The molecule has 2 aliphatic rings. The van der Waals surface area contributed by atoms with E-state index in [0.29, 0.717) is 18.8 Å². The Hall–Kier alpha value is -2.02. The number of aliphatic hydroxyl groups is 1. The van der Waals surface area contributed by atoms with Gasteiger partial charge in [-0.15, -0.1) is 0 Å². The van der Waals surface area contributed by atoms with Crippen molar-refractivity contribution in [2.45, 2.75) is 72.1 Å². The zero-order valence-corrected chi connectivity index (χ0v) is 18.6. The minimum absolute atomic E-state index is 0.0334. The van der Waals surface area contributed by atoms with Crippen LogP contribution in [-0.4, -0.2) is 35.7 Å². The van der Waals surface area contributed by atoms with Crippen LogP contribution in [0.5, 0.6) is 0 Å². The van der Waals surface area contributed by atoms with Gasteiger partial charge >= 0.3 is 6.03 Å². The molecule has 168 valence electrons. The van der Waals surface area contributed by atoms with Gasteiger partial charge < -0.3 is 25.5 Å². The highest BCUT2D eigenvalue weighted by Gasteiger charge is 2.53. The first-order valence-corrected chi connectivity index (χ1v) is 11.3. The van der Waals surface area contributed by atoms with Crippen molar-refractivity contribution in [1.82, 2.24) is 16.0 Å². The van der Waals surface area contributed by atoms with Gasteiger partial charge in [0.15, 0.2) is 0 Å². The third-order valence-electron chi connectivity index (χ3n) is 7.61. The maximum Gasteiger partial charge on any atom is 0.315 e. The van der Waals surface area contributed by atoms with Crippen molar-refractivity contribution in [3.63, 3.8) is 0 Å². The maximum absolute atomic E-state index is 12.8. The van der Waals surface area contributed by atoms with E-state index in [4.69, 9.17) is 4.42 Å². The summed E-state index contributed by atoms with van der Waals surface area (Å²) >= 11 is 0. The lowest BCUT2D eigenvalue weighted by Gasteiger charge is -2.56. The molecule has 0 bridgehead atoms. The van der Waals surface area contributed by atoms with E-state index in [0.717, 1.165) is 25.7 Å². The molecule has 0 aliphatic heterocycles. The van der Waals surface area contributed by atoms with Crippen molar-refractivity contribution in [3.8, 4) is 0 Å². The predicted octanol–water partition coefficient (Wildman–Crippen LogP) is 3.04. The normalized spacial score (nSPS) is 34.5. The second kappa shape index (κ2) is 9.41. The first-order chi connectivity index (χ1) is 14.3. The van der Waals surface area contributed by atoms with E-state index in [-0.39, 0.29) is 47.1 Å². The second-order valence-corrected chi connectivity index (χ2v) is 9.47. The smallest absolute Gasteiger partial charge is 0.315 e. The summed E-state index contributed by atoms with van der Waals surface area (Å²) in [4.78, 5) is 24.8. The molecule has 0 saturated heterocycles. The molecule has 7 heteroatoms. The van der Waals surface area contributed by atoms with Crippen LogP contribution in [0, 0.1) is 29.1 Å². The van der Waals surface area contributed by atoms with Crippen molar-refractivity contribution in [2.24, 2.45) is 29.1 Å². The lowest BCUT2D eigenvalue weighted by atomic mass is 9.52. The molecule has 0 aromatic carbocycles. The fourth-order valence-electron chi connectivity index (χ4n) is 5.82. The van der Waals surface area contributed by atoms with Crippen LogP contribution in [0.3, 0.4) is 0 Å². The molecule has 0 radical (unpaired) electrons. The van der Waals surface area contributed by atoms with E-state index in [1.165, 1.54) is 0 Å². The minimum atomic E-state index is -0.568. The molecule has 2 fully saturated rings. The summed E-state index contributed by atoms with van der Waals surface area (Å²) in [6.07, 6.45) is 4.75. The number of aliphatic hydroxyl groups excluding tert-OH is 1. The second-order valence-electron chi connectivity index (χ2n) is 9.47. The van der Waals surface area contributed by atoms with Gasteiger partial charge in [-0.1, -0.05) is 20.8 Å². The molecule has 2 aliphatic carbocycles. The molecule has 2 saturated carbocycles. The number of fused-ring (bicyclic) bond motifs is 1. The molecule has 0 unspecified atom stereocenters. The van der Waals surface area contributed by atoms with Crippen LogP contribution < -0.4 is 16.0 Å². The van der Waals surface area contributed by atoms with Gasteiger partial charge in [-0.2, -0.15) is 0 Å². The molecule has 7 atom stereocenters. The third kappa shape index (κ3) is 4.66. The first kappa shape index (κ1) is 22.7. The molecule has 1 heterocycles. The van der Waals surface area contributed by atoms with Gasteiger partial charge in [0.1, 0.15) is 5.76 Å². The zero-order valence-electron chi connectivity index (χ0n) is 18.6. The number of rotatable bonds is 6. The Labute approximate surface area is 179 Å². The van der Waals surface area contributed by atoms with Gasteiger partial charge in [0, 0.05) is 18.5 Å². The van der Waals surface area contributed by atoms with E-state index in [1.54, 1.807) is 12.3 Å². The summed E-state index contributed by atoms with van der Waals surface area (Å²) < 4.78 is 5.29. The SMILES string of the molecule is CCNC(=O)N[C@H]1CC[C@]2(C)CC[C@@H]([C@H](C)C(=O)NCc3ccco3)[C@H](O)[C@H]2[C@@H]1C. The van der Waals surface area contributed by atoms with Crippen LogP contribution in [0.1, 0.15) is 59.1 Å². The van der Waals surface area contributed by atoms with Crippen LogP contribution in [0.15, 0.2) is 22.8 Å². The predicted molar refractivity (Wildman–Crippen MR) is 114 cm³/mol. The highest BCUT2D eigenvalue weighted by molar-refractivity contribution is 5.78. The molecule has 30 heavy (non-hydrogen) atoms. The molecule has 3 amide bonds. The van der Waals surface area contributed by atoms with Gasteiger partial charge in [0.2, 0.25) is 5.91 Å². The Morgan fingerprint density at radius 1 is 1.30 bits per heavy atom. The Morgan fingerprint density at radius 2 is 2.03 bits per heavy atom. The molecular formula is C23H37N3O4. The average Bonchev–Trinajstić information content (AvgIpc) is 3.22. The standard InChI is InChI=1S/C23H37N3O4/c1-5-24-22(29)26-18-9-11-23(4)10-8-17(20(27)19(23)15(18)3)14(2)21(28)25-13-16-7-6-12-30-16/h6-7,12,14-15,17-20,27H,5,8-11,13H2,1-4H3,(H,25,28)(H2,24,26,29)/t14-,15+,17-,18-,19+,20-,23-/m0/s1. The van der Waals surface area contributed by atoms with Crippen molar-refractivity contribution in [3.05, 3.63) is 24.2 Å². The van der Waals surface area contributed by atoms with Crippen LogP contribution in [0.25, 0.3) is 0 Å². The maximum atomic E-state index is 12.8. The molecule has 3 rings (SSSR count). The monoisotopic (exact) mass is 419 g/mol. The molecule has 7 nitrogen and oxygen atoms in total. The van der Waals surface area contributed by atoms with E-state index in [9.17, 15) is 14.7 Å². The van der Waals surface area contributed by atoms with Crippen molar-refractivity contribution < 1.29 is 19.1 Å². The molecule has 1 aromatic rings. The van der Waals surface area contributed by atoms with Crippen LogP contribution in [-0.2, 0) is 11.3 Å². The van der Waals surface area contributed by atoms with Crippen LogP contribution >= 0.6 is 0 Å². The van der Waals surface area contributed by atoms with Crippen molar-refractivity contribution in [2.75, 3.05) is 6.54 Å². The fraction of sp³-hybridized carbons (Fsp3) is 0.739. The average molecular weight is 420 g/mol. The van der Waals surface area contributed by atoms with Crippen molar-refractivity contribution >= 4 is 11.9 Å². The van der Waals surface area contributed by atoms with Crippen LogP contribution in [0.4, 0.5) is 4.79 Å². The van der Waals surface area contributed by atoms with Gasteiger partial charge in [0.05, 0.1) is 18.9 Å². The summed E-state index contributed by atoms with van der Waals surface area (Å²) in [7, 11) is 0. The number of urea groups is 1. The van der Waals surface area contributed by atoms with Gasteiger partial charge in [-0.25, -0.2) is 4.79 Å². The Balaban J connectivity index is 1.66. The molecular weight excluding hydrogens is 382 g/mol. The number of carbonyl (C=O) groups excluding carboxylic acids is 2. The van der Waals surface area contributed by atoms with Crippen molar-refractivity contribution in [1.29, 1.82) is 0 Å². The number of furan rings is 1. The number of amides is 3. The lowest BCUT2D eigenvalue weighted by molar-refractivity contribution is -0.142. The highest BCUT2D eigenvalue weighted by atomic mass is 16.3. The Morgan fingerprint density at radius 3 is 2.70 bits per heavy atom. The van der Waals surface area contributed by atoms with Gasteiger partial charge in [0.25, 0.3) is 0 Å². The fourth-order valence-corrected chi connectivity index (χ4v) is 5.82. The number of hydrogen-bond donors (Lipinski definition) is 4. The van der Waals surface area contributed by atoms with Gasteiger partial charge in [-0.3, -0.25) is 4.79 Å². The number of hydrogen-bond acceptors (Lipinski definition) is 4. The highest BCUT2D eigenvalue weighted by Crippen LogP contribution is 2.55. The van der Waals surface area contributed by atoms with E-state index < -0.39 is 6.10 Å². The topological polar surface area (TPSA) is 104 Å². The molecule has 4 N–H and O–H groups in total. The Kier molecular flexibility index (Phi) is 7.11. The Bertz CT molecular complexity index is 722. The zero-order chi connectivity index (χ0) is 21.9. The van der Waals surface area contributed by atoms with E-state index >= 15 is 0 Å². The third-order valence-corrected chi connectivity index (χ3v) is 7.61. The quantitative estimate of drug-likeness (QED) is 0.569.